The van der Waals surface area contributed by atoms with Crippen LogP contribution < -0.4 is 0 Å². The molecule has 2 aliphatic heterocycles. The third-order valence-electron chi connectivity index (χ3n) is 6.19. The SMILES string of the molecule is C[SiH2]CCCCCCCC(N1CCCCCC1)N1CCCCCC1. The molecule has 142 valence electrons. The smallest absolute Gasteiger partial charge is 0.0622 e. The fraction of sp³-hybridized carbons (Fsp3) is 1.00. The van der Waals surface area contributed by atoms with Crippen molar-refractivity contribution in [1.82, 2.24) is 9.80 Å². The summed E-state index contributed by atoms with van der Waals surface area (Å²) in [6.45, 7) is 7.90. The van der Waals surface area contributed by atoms with Crippen molar-refractivity contribution in [3.8, 4) is 0 Å². The van der Waals surface area contributed by atoms with E-state index in [1.807, 2.05) is 0 Å². The molecule has 2 heterocycles. The second-order valence-electron chi connectivity index (χ2n) is 8.29. The van der Waals surface area contributed by atoms with Crippen LogP contribution in [0.4, 0.5) is 0 Å². The summed E-state index contributed by atoms with van der Waals surface area (Å²) in [5, 5.41) is 0. The van der Waals surface area contributed by atoms with Crippen molar-refractivity contribution >= 4 is 9.52 Å². The highest BCUT2D eigenvalue weighted by atomic mass is 28.2. The Morgan fingerprint density at radius 3 is 1.58 bits per heavy atom. The maximum atomic E-state index is 2.88. The van der Waals surface area contributed by atoms with Crippen LogP contribution in [0.3, 0.4) is 0 Å². The summed E-state index contributed by atoms with van der Waals surface area (Å²) in [6, 6.07) is 1.57. The van der Waals surface area contributed by atoms with Crippen molar-refractivity contribution < 1.29 is 0 Å². The molecule has 2 saturated heterocycles. The van der Waals surface area contributed by atoms with Crippen LogP contribution in [-0.4, -0.2) is 51.7 Å². The molecule has 0 aromatic carbocycles. The maximum Gasteiger partial charge on any atom is 0.0622 e. The quantitative estimate of drug-likeness (QED) is 0.401. The fourth-order valence-electron chi connectivity index (χ4n) is 4.67. The summed E-state index contributed by atoms with van der Waals surface area (Å²) < 4.78 is 0. The Balaban J connectivity index is 1.77. The molecule has 0 radical (unpaired) electrons. The van der Waals surface area contributed by atoms with Gasteiger partial charge < -0.3 is 0 Å². The van der Waals surface area contributed by atoms with Crippen molar-refractivity contribution in [3.05, 3.63) is 0 Å². The minimum atomic E-state index is 0.315. The summed E-state index contributed by atoms with van der Waals surface area (Å²) >= 11 is 0. The first kappa shape index (κ1) is 20.4. The van der Waals surface area contributed by atoms with Crippen molar-refractivity contribution in [1.29, 1.82) is 0 Å². The topological polar surface area (TPSA) is 6.48 Å². The largest absolute Gasteiger partial charge is 0.288 e. The molecule has 2 fully saturated rings. The fourth-order valence-corrected chi connectivity index (χ4v) is 5.52. The van der Waals surface area contributed by atoms with E-state index in [1.54, 1.807) is 6.04 Å². The van der Waals surface area contributed by atoms with Crippen LogP contribution in [0.5, 0.6) is 0 Å². The van der Waals surface area contributed by atoms with Crippen molar-refractivity contribution in [2.45, 2.75) is 109 Å². The minimum Gasteiger partial charge on any atom is -0.288 e. The van der Waals surface area contributed by atoms with Gasteiger partial charge in [0.2, 0.25) is 0 Å². The van der Waals surface area contributed by atoms with Gasteiger partial charge in [-0.1, -0.05) is 70.4 Å². The molecule has 2 nitrogen and oxygen atoms in total. The van der Waals surface area contributed by atoms with Crippen molar-refractivity contribution in [2.75, 3.05) is 26.2 Å². The zero-order valence-electron chi connectivity index (χ0n) is 16.6. The highest BCUT2D eigenvalue weighted by Gasteiger charge is 2.25. The molecular formula is C21H44N2Si. The number of unbranched alkanes of at least 4 members (excludes halogenated alkanes) is 4. The molecule has 0 aliphatic carbocycles. The Morgan fingerprint density at radius 1 is 0.625 bits per heavy atom. The molecule has 24 heavy (non-hydrogen) atoms. The molecule has 0 bridgehead atoms. The second kappa shape index (κ2) is 13.4. The standard InChI is InChI=1S/C21H44N2Si/c1-24-20-14-8-2-3-9-15-21(22-16-10-4-5-11-17-22)23-18-12-6-7-13-19-23/h21H,2-20,24H2,1H3. The number of hydrogen-bond acceptors (Lipinski definition) is 2. The van der Waals surface area contributed by atoms with Crippen LogP contribution in [0, 0.1) is 0 Å². The lowest BCUT2D eigenvalue weighted by Gasteiger charge is -2.39. The van der Waals surface area contributed by atoms with E-state index in [0.29, 0.717) is 9.52 Å². The van der Waals surface area contributed by atoms with E-state index in [2.05, 4.69) is 16.3 Å². The van der Waals surface area contributed by atoms with E-state index in [-0.39, 0.29) is 0 Å². The Hall–Kier alpha value is 0.137. The third-order valence-corrected chi connectivity index (χ3v) is 7.40. The first-order valence-corrected chi connectivity index (χ1v) is 13.8. The average Bonchev–Trinajstić information content (AvgIpc) is 3.02. The van der Waals surface area contributed by atoms with Gasteiger partial charge in [-0.25, -0.2) is 0 Å². The molecule has 2 rings (SSSR count). The predicted octanol–water partition coefficient (Wildman–Crippen LogP) is 5.04. The summed E-state index contributed by atoms with van der Waals surface area (Å²) in [4.78, 5) is 5.75. The average molecular weight is 353 g/mol. The molecule has 0 N–H and O–H groups in total. The predicted molar refractivity (Wildman–Crippen MR) is 111 cm³/mol. The van der Waals surface area contributed by atoms with Gasteiger partial charge in [0.1, 0.15) is 0 Å². The van der Waals surface area contributed by atoms with Crippen LogP contribution in [0.1, 0.15) is 89.9 Å². The Morgan fingerprint density at radius 2 is 1.08 bits per heavy atom. The van der Waals surface area contributed by atoms with Gasteiger partial charge in [-0.15, -0.1) is 0 Å². The third kappa shape index (κ3) is 8.01. The molecular weight excluding hydrogens is 308 g/mol. The maximum absolute atomic E-state index is 2.88. The van der Waals surface area contributed by atoms with Crippen LogP contribution in [0.2, 0.25) is 12.6 Å². The van der Waals surface area contributed by atoms with E-state index in [0.717, 1.165) is 6.17 Å². The lowest BCUT2D eigenvalue weighted by molar-refractivity contribution is 0.0379. The molecule has 2 aliphatic rings. The Kier molecular flexibility index (Phi) is 11.4. The summed E-state index contributed by atoms with van der Waals surface area (Å²) in [7, 11) is 0.315. The van der Waals surface area contributed by atoms with Gasteiger partial charge in [-0.3, -0.25) is 9.80 Å². The second-order valence-corrected chi connectivity index (χ2v) is 10.00. The molecule has 0 spiro atoms. The van der Waals surface area contributed by atoms with Gasteiger partial charge in [0.25, 0.3) is 0 Å². The Labute approximate surface area is 154 Å². The monoisotopic (exact) mass is 352 g/mol. The summed E-state index contributed by atoms with van der Waals surface area (Å²) in [5.74, 6) is 0. The lowest BCUT2D eigenvalue weighted by Crippen LogP contribution is -2.49. The van der Waals surface area contributed by atoms with Crippen LogP contribution in [-0.2, 0) is 0 Å². The van der Waals surface area contributed by atoms with Crippen LogP contribution in [0.15, 0.2) is 0 Å². The molecule has 0 saturated carbocycles. The van der Waals surface area contributed by atoms with Crippen LogP contribution in [0.25, 0.3) is 0 Å². The highest BCUT2D eigenvalue weighted by molar-refractivity contribution is 6.33. The van der Waals surface area contributed by atoms with Gasteiger partial charge in [0.15, 0.2) is 0 Å². The molecule has 0 atom stereocenters. The number of likely N-dealkylation sites (tertiary alicyclic amines) is 2. The van der Waals surface area contributed by atoms with Gasteiger partial charge >= 0.3 is 0 Å². The lowest BCUT2D eigenvalue weighted by atomic mass is 10.1. The molecule has 0 aromatic rings. The Bertz CT molecular complexity index is 262. The summed E-state index contributed by atoms with van der Waals surface area (Å²) in [5.41, 5.74) is 0. The first-order valence-electron chi connectivity index (χ1n) is 11.4. The normalized spacial score (nSPS) is 22.2. The van der Waals surface area contributed by atoms with Gasteiger partial charge in [-0.2, -0.15) is 0 Å². The number of hydrogen-bond donors (Lipinski definition) is 0. The van der Waals surface area contributed by atoms with E-state index in [9.17, 15) is 0 Å². The van der Waals surface area contributed by atoms with E-state index in [4.69, 9.17) is 0 Å². The summed E-state index contributed by atoms with van der Waals surface area (Å²) in [6.07, 6.45) is 21.2. The molecule has 0 aromatic heterocycles. The van der Waals surface area contributed by atoms with E-state index >= 15 is 0 Å². The van der Waals surface area contributed by atoms with E-state index < -0.39 is 0 Å². The van der Waals surface area contributed by atoms with Gasteiger partial charge in [0, 0.05) is 9.52 Å². The highest BCUT2D eigenvalue weighted by Crippen LogP contribution is 2.23. The van der Waals surface area contributed by atoms with Crippen molar-refractivity contribution in [2.24, 2.45) is 0 Å². The number of rotatable bonds is 10. The molecule has 0 unspecified atom stereocenters. The van der Waals surface area contributed by atoms with E-state index in [1.165, 1.54) is 116 Å². The molecule has 3 heteroatoms. The zero-order valence-corrected chi connectivity index (χ0v) is 18.0. The van der Waals surface area contributed by atoms with Gasteiger partial charge in [0.05, 0.1) is 6.17 Å². The molecule has 0 amide bonds. The zero-order chi connectivity index (χ0) is 16.9. The van der Waals surface area contributed by atoms with Gasteiger partial charge in [-0.05, 0) is 58.3 Å². The van der Waals surface area contributed by atoms with Crippen molar-refractivity contribution in [3.63, 3.8) is 0 Å². The first-order chi connectivity index (χ1) is 11.9. The number of nitrogens with zero attached hydrogens (tertiary/aromatic N) is 2. The van der Waals surface area contributed by atoms with Crippen LogP contribution >= 0.6 is 0 Å². The minimum absolute atomic E-state index is 0.315.